The first-order valence-corrected chi connectivity index (χ1v) is 12.4. The van der Waals surface area contributed by atoms with Gasteiger partial charge in [-0.2, -0.15) is 0 Å². The Bertz CT molecular complexity index is 1170. The molecule has 216 valence electrons. The quantitative estimate of drug-likeness (QED) is 0.175. The molecular weight excluding hydrogens is 530 g/mol. The van der Waals surface area contributed by atoms with E-state index in [1.807, 2.05) is 0 Å². The molecule has 13 nitrogen and oxygen atoms in total. The molecule has 0 bridgehead atoms. The van der Waals surface area contributed by atoms with Crippen molar-refractivity contribution in [1.29, 1.82) is 0 Å². The maximum Gasteiger partial charge on any atom is 0.303 e. The SMILES string of the molecule is CC(=O)OC[C@H]1O[C@H](OCC(C)=CCN2C(=O)c3ccccc3C2=O)[C@H](OC(C)=O)[C@@H](OC(C)=O)[C@@H]1OC(C)=O. The molecule has 1 fully saturated rings. The first-order valence-electron chi connectivity index (χ1n) is 12.4. The number of ether oxygens (including phenoxy) is 6. The van der Waals surface area contributed by atoms with Gasteiger partial charge in [0.05, 0.1) is 17.7 Å². The summed E-state index contributed by atoms with van der Waals surface area (Å²) < 4.78 is 32.8. The van der Waals surface area contributed by atoms with Crippen LogP contribution in [0.2, 0.25) is 0 Å². The van der Waals surface area contributed by atoms with E-state index in [-0.39, 0.29) is 19.8 Å². The number of hydrogen-bond donors (Lipinski definition) is 0. The number of esters is 4. The van der Waals surface area contributed by atoms with Gasteiger partial charge < -0.3 is 28.4 Å². The van der Waals surface area contributed by atoms with Crippen LogP contribution in [0.15, 0.2) is 35.9 Å². The van der Waals surface area contributed by atoms with Crippen molar-refractivity contribution in [2.75, 3.05) is 19.8 Å². The van der Waals surface area contributed by atoms with Gasteiger partial charge in [0.15, 0.2) is 24.6 Å². The highest BCUT2D eigenvalue weighted by Crippen LogP contribution is 2.30. The molecule has 0 aromatic heterocycles. The molecule has 1 aromatic rings. The smallest absolute Gasteiger partial charge is 0.303 e. The summed E-state index contributed by atoms with van der Waals surface area (Å²) in [7, 11) is 0. The monoisotopic (exact) mass is 561 g/mol. The number of fused-ring (bicyclic) bond motifs is 1. The third-order valence-electron chi connectivity index (χ3n) is 5.92. The summed E-state index contributed by atoms with van der Waals surface area (Å²) in [5, 5.41) is 0. The van der Waals surface area contributed by atoms with Crippen molar-refractivity contribution in [3.05, 3.63) is 47.0 Å². The zero-order valence-corrected chi connectivity index (χ0v) is 22.7. The highest BCUT2D eigenvalue weighted by molar-refractivity contribution is 6.21. The van der Waals surface area contributed by atoms with Crippen LogP contribution in [-0.2, 0) is 47.6 Å². The molecular formula is C27H31NO12. The lowest BCUT2D eigenvalue weighted by atomic mass is 9.98. The summed E-state index contributed by atoms with van der Waals surface area (Å²) in [6.07, 6.45) is -4.88. The summed E-state index contributed by atoms with van der Waals surface area (Å²) >= 11 is 0. The number of amides is 2. The number of carbonyl (C=O) groups is 6. The summed E-state index contributed by atoms with van der Waals surface area (Å²) in [6, 6.07) is 6.52. The fourth-order valence-electron chi connectivity index (χ4n) is 4.25. The predicted octanol–water partition coefficient (Wildman–Crippen LogP) is 1.33. The van der Waals surface area contributed by atoms with Gasteiger partial charge in [-0.1, -0.05) is 18.2 Å². The van der Waals surface area contributed by atoms with Crippen LogP contribution in [0.3, 0.4) is 0 Å². The first kappa shape index (κ1) is 30.4. The Morgan fingerprint density at radius 1 is 0.800 bits per heavy atom. The van der Waals surface area contributed by atoms with Crippen LogP contribution in [-0.4, -0.2) is 91.1 Å². The van der Waals surface area contributed by atoms with Crippen LogP contribution in [0.5, 0.6) is 0 Å². The Balaban J connectivity index is 1.79. The molecule has 0 unspecified atom stereocenters. The number of carbonyl (C=O) groups excluding carboxylic acids is 6. The van der Waals surface area contributed by atoms with E-state index in [2.05, 4.69) is 0 Å². The highest BCUT2D eigenvalue weighted by atomic mass is 16.7. The minimum atomic E-state index is -1.36. The van der Waals surface area contributed by atoms with E-state index in [0.29, 0.717) is 16.7 Å². The molecule has 3 rings (SSSR count). The van der Waals surface area contributed by atoms with Crippen LogP contribution in [0, 0.1) is 0 Å². The molecule has 1 saturated heterocycles. The summed E-state index contributed by atoms with van der Waals surface area (Å²) in [5.41, 5.74) is 1.24. The molecule has 5 atom stereocenters. The fourth-order valence-corrected chi connectivity index (χ4v) is 4.25. The first-order chi connectivity index (χ1) is 18.9. The molecule has 0 N–H and O–H groups in total. The van der Waals surface area contributed by atoms with E-state index < -0.39 is 66.4 Å². The van der Waals surface area contributed by atoms with Crippen molar-refractivity contribution < 1.29 is 57.2 Å². The molecule has 13 heteroatoms. The standard InChI is InChI=1S/C27H31NO12/c1-14(10-11-28-25(33)19-8-6-7-9-20(19)26(28)34)12-36-27-24(39-18(5)32)23(38-17(4)31)22(37-16(3)30)21(40-27)13-35-15(2)29/h6-10,21-24,27H,11-13H2,1-5H3/t21-,22-,23+,24-,27+/m1/s1. The minimum Gasteiger partial charge on any atom is -0.463 e. The maximum absolute atomic E-state index is 12.6. The number of benzene rings is 1. The fraction of sp³-hybridized carbons (Fsp3) is 0.481. The lowest BCUT2D eigenvalue weighted by Crippen LogP contribution is -2.63. The Kier molecular flexibility index (Phi) is 10.1. The third-order valence-corrected chi connectivity index (χ3v) is 5.92. The number of nitrogens with zero attached hydrogens (tertiary/aromatic N) is 1. The number of imide groups is 1. The van der Waals surface area contributed by atoms with Crippen LogP contribution >= 0.6 is 0 Å². The van der Waals surface area contributed by atoms with Gasteiger partial charge in [0.2, 0.25) is 0 Å². The Morgan fingerprint density at radius 3 is 1.85 bits per heavy atom. The zero-order chi connectivity index (χ0) is 29.6. The predicted molar refractivity (Wildman–Crippen MR) is 133 cm³/mol. The Labute approximate surface area is 230 Å². The molecule has 40 heavy (non-hydrogen) atoms. The van der Waals surface area contributed by atoms with E-state index in [4.69, 9.17) is 28.4 Å². The summed E-state index contributed by atoms with van der Waals surface area (Å²) in [5.74, 6) is -3.72. The Morgan fingerprint density at radius 2 is 1.32 bits per heavy atom. The van der Waals surface area contributed by atoms with Crippen LogP contribution < -0.4 is 0 Å². The van der Waals surface area contributed by atoms with Crippen LogP contribution in [0.1, 0.15) is 55.3 Å². The molecule has 0 radical (unpaired) electrons. The molecule has 2 aliphatic rings. The second-order valence-electron chi connectivity index (χ2n) is 9.20. The van der Waals surface area contributed by atoms with Crippen molar-refractivity contribution in [3.63, 3.8) is 0 Å². The van der Waals surface area contributed by atoms with Gasteiger partial charge in [0.1, 0.15) is 12.7 Å². The van der Waals surface area contributed by atoms with E-state index in [1.165, 1.54) is 6.92 Å². The van der Waals surface area contributed by atoms with E-state index in [1.54, 1.807) is 37.3 Å². The van der Waals surface area contributed by atoms with Gasteiger partial charge in [-0.15, -0.1) is 0 Å². The lowest BCUT2D eigenvalue weighted by Gasteiger charge is -2.44. The average Bonchev–Trinajstić information content (AvgIpc) is 3.11. The molecule has 0 saturated carbocycles. The van der Waals surface area contributed by atoms with Gasteiger partial charge in [0, 0.05) is 34.2 Å². The summed E-state index contributed by atoms with van der Waals surface area (Å²) in [4.78, 5) is 73.4. The number of hydrogen-bond acceptors (Lipinski definition) is 12. The topological polar surface area (TPSA) is 161 Å². The lowest BCUT2D eigenvalue weighted by molar-refractivity contribution is -0.306. The van der Waals surface area contributed by atoms with E-state index in [9.17, 15) is 28.8 Å². The molecule has 2 amide bonds. The van der Waals surface area contributed by atoms with Crippen molar-refractivity contribution in [1.82, 2.24) is 4.90 Å². The molecule has 2 heterocycles. The molecule has 1 aromatic carbocycles. The Hall–Kier alpha value is -4.10. The normalized spacial score (nSPS) is 24.3. The minimum absolute atomic E-state index is 0.0138. The maximum atomic E-state index is 12.6. The van der Waals surface area contributed by atoms with Crippen molar-refractivity contribution in [2.24, 2.45) is 0 Å². The van der Waals surface area contributed by atoms with Gasteiger partial charge in [0.25, 0.3) is 11.8 Å². The second-order valence-corrected chi connectivity index (χ2v) is 9.20. The van der Waals surface area contributed by atoms with Gasteiger partial charge in [-0.05, 0) is 24.6 Å². The van der Waals surface area contributed by atoms with Crippen LogP contribution in [0.4, 0.5) is 0 Å². The molecule has 2 aliphatic heterocycles. The van der Waals surface area contributed by atoms with Gasteiger partial charge in [-0.3, -0.25) is 33.7 Å². The second kappa shape index (κ2) is 13.3. The van der Waals surface area contributed by atoms with Crippen molar-refractivity contribution in [2.45, 2.75) is 65.3 Å². The summed E-state index contributed by atoms with van der Waals surface area (Å²) in [6.45, 7) is 5.72. The van der Waals surface area contributed by atoms with Gasteiger partial charge in [-0.25, -0.2) is 0 Å². The zero-order valence-electron chi connectivity index (χ0n) is 22.7. The molecule has 0 aliphatic carbocycles. The van der Waals surface area contributed by atoms with E-state index >= 15 is 0 Å². The van der Waals surface area contributed by atoms with Crippen molar-refractivity contribution >= 4 is 35.7 Å². The number of rotatable bonds is 10. The largest absolute Gasteiger partial charge is 0.463 e. The van der Waals surface area contributed by atoms with E-state index in [0.717, 1.165) is 25.7 Å². The van der Waals surface area contributed by atoms with Crippen molar-refractivity contribution in [3.8, 4) is 0 Å². The average molecular weight is 562 g/mol. The molecule has 0 spiro atoms. The highest BCUT2D eigenvalue weighted by Gasteiger charge is 2.52. The van der Waals surface area contributed by atoms with Gasteiger partial charge >= 0.3 is 23.9 Å². The third kappa shape index (κ3) is 7.51. The van der Waals surface area contributed by atoms with Crippen LogP contribution in [0.25, 0.3) is 0 Å².